The lowest BCUT2D eigenvalue weighted by Crippen LogP contribution is -2.45. The van der Waals surface area contributed by atoms with Crippen LogP contribution < -0.4 is 10.1 Å². The second-order valence-corrected chi connectivity index (χ2v) is 4.67. The van der Waals surface area contributed by atoms with Crippen molar-refractivity contribution in [1.29, 1.82) is 0 Å². The Labute approximate surface area is 111 Å². The van der Waals surface area contributed by atoms with Gasteiger partial charge in [0.25, 0.3) is 0 Å². The Morgan fingerprint density at radius 1 is 1.35 bits per heavy atom. The number of hydrogen-bond acceptors (Lipinski definition) is 2. The van der Waals surface area contributed by atoms with E-state index in [2.05, 4.69) is 5.32 Å². The Morgan fingerprint density at radius 2 is 2.00 bits per heavy atom. The molecule has 0 aromatic heterocycles. The van der Waals surface area contributed by atoms with Crippen molar-refractivity contribution in [1.82, 2.24) is 5.32 Å². The van der Waals surface area contributed by atoms with Crippen LogP contribution in [0.15, 0.2) is 18.2 Å². The third-order valence-electron chi connectivity index (χ3n) is 2.56. The van der Waals surface area contributed by atoms with Gasteiger partial charge in [-0.2, -0.15) is 0 Å². The van der Waals surface area contributed by atoms with Crippen LogP contribution in [0.4, 0.5) is 4.39 Å². The minimum Gasteiger partial charge on any atom is -0.497 e. The zero-order valence-corrected chi connectivity index (χ0v) is 11.4. The van der Waals surface area contributed by atoms with Gasteiger partial charge in [0.15, 0.2) is 0 Å². The number of halogens is 3. The first kappa shape index (κ1) is 14.6. The molecule has 0 aliphatic carbocycles. The van der Waals surface area contributed by atoms with Crippen molar-refractivity contribution in [2.45, 2.75) is 19.0 Å². The highest BCUT2D eigenvalue weighted by Crippen LogP contribution is 2.17. The van der Waals surface area contributed by atoms with Crippen molar-refractivity contribution in [2.24, 2.45) is 0 Å². The van der Waals surface area contributed by atoms with Crippen molar-refractivity contribution < 1.29 is 9.13 Å². The Balaban J connectivity index is 2.69. The second-order valence-electron chi connectivity index (χ2n) is 4.14. The van der Waals surface area contributed by atoms with E-state index in [1.165, 1.54) is 13.2 Å². The highest BCUT2D eigenvalue weighted by Gasteiger charge is 2.21. The number of benzene rings is 1. The Morgan fingerprint density at radius 3 is 2.47 bits per heavy atom. The predicted molar refractivity (Wildman–Crippen MR) is 69.6 cm³/mol. The molecule has 2 nitrogen and oxygen atoms in total. The first-order valence-electron chi connectivity index (χ1n) is 5.24. The summed E-state index contributed by atoms with van der Waals surface area (Å²) in [6.07, 6.45) is 0. The lowest BCUT2D eigenvalue weighted by molar-refractivity contribution is 0.407. The molecule has 1 N–H and O–H groups in total. The summed E-state index contributed by atoms with van der Waals surface area (Å²) in [6.45, 7) is 2.28. The normalized spacial score (nSPS) is 11.6. The average molecular weight is 280 g/mol. The number of hydrogen-bond donors (Lipinski definition) is 1. The van der Waals surface area contributed by atoms with Gasteiger partial charge < -0.3 is 10.1 Å². The van der Waals surface area contributed by atoms with Crippen molar-refractivity contribution in [3.05, 3.63) is 29.6 Å². The van der Waals surface area contributed by atoms with Crippen LogP contribution in [0.5, 0.6) is 5.75 Å². The van der Waals surface area contributed by atoms with Gasteiger partial charge in [0.1, 0.15) is 11.6 Å². The molecule has 0 unspecified atom stereocenters. The largest absolute Gasteiger partial charge is 0.497 e. The predicted octanol–water partition coefficient (Wildman–Crippen LogP) is 3.16. The SMILES string of the molecule is COc1ccc(CNC(C)(CCl)CCl)c(F)c1. The number of nitrogens with one attached hydrogen (secondary N) is 1. The topological polar surface area (TPSA) is 21.3 Å². The van der Waals surface area contributed by atoms with Gasteiger partial charge in [-0.05, 0) is 13.0 Å². The zero-order valence-electron chi connectivity index (χ0n) is 9.90. The summed E-state index contributed by atoms with van der Waals surface area (Å²) in [5, 5.41) is 3.15. The summed E-state index contributed by atoms with van der Waals surface area (Å²) in [6, 6.07) is 4.76. The van der Waals surface area contributed by atoms with E-state index >= 15 is 0 Å². The lowest BCUT2D eigenvalue weighted by Gasteiger charge is -2.26. The maximum absolute atomic E-state index is 13.6. The van der Waals surface area contributed by atoms with E-state index in [0.29, 0.717) is 29.6 Å². The minimum absolute atomic E-state index is 0.302. The third kappa shape index (κ3) is 4.02. The molecule has 0 aliphatic heterocycles. The van der Waals surface area contributed by atoms with E-state index in [1.807, 2.05) is 6.92 Å². The van der Waals surface area contributed by atoms with E-state index in [4.69, 9.17) is 27.9 Å². The number of methoxy groups -OCH3 is 1. The molecule has 0 radical (unpaired) electrons. The van der Waals surface area contributed by atoms with Crippen LogP contribution in [0.3, 0.4) is 0 Å². The number of rotatable bonds is 6. The molecule has 0 fully saturated rings. The van der Waals surface area contributed by atoms with Gasteiger partial charge in [-0.25, -0.2) is 4.39 Å². The van der Waals surface area contributed by atoms with E-state index in [1.54, 1.807) is 12.1 Å². The molecule has 5 heteroatoms. The highest BCUT2D eigenvalue weighted by molar-refractivity contribution is 6.22. The molecule has 0 saturated heterocycles. The molecule has 1 aromatic rings. The molecular weight excluding hydrogens is 264 g/mol. The van der Waals surface area contributed by atoms with E-state index in [0.717, 1.165) is 0 Å². The van der Waals surface area contributed by atoms with E-state index < -0.39 is 5.54 Å². The fraction of sp³-hybridized carbons (Fsp3) is 0.500. The Hall–Kier alpha value is -0.510. The van der Waals surface area contributed by atoms with Crippen molar-refractivity contribution in [3.63, 3.8) is 0 Å². The van der Waals surface area contributed by atoms with Crippen LogP contribution in [0.1, 0.15) is 12.5 Å². The first-order valence-corrected chi connectivity index (χ1v) is 6.31. The van der Waals surface area contributed by atoms with Gasteiger partial charge in [-0.1, -0.05) is 6.07 Å². The summed E-state index contributed by atoms with van der Waals surface area (Å²) in [7, 11) is 1.50. The molecule has 96 valence electrons. The monoisotopic (exact) mass is 279 g/mol. The van der Waals surface area contributed by atoms with Gasteiger partial charge in [0, 0.05) is 35.5 Å². The van der Waals surface area contributed by atoms with Crippen molar-refractivity contribution >= 4 is 23.2 Å². The van der Waals surface area contributed by atoms with Crippen LogP contribution in [0.2, 0.25) is 0 Å². The molecular formula is C12H16Cl2FNO. The Bertz CT molecular complexity index is 370. The molecule has 1 aromatic carbocycles. The third-order valence-corrected chi connectivity index (χ3v) is 3.74. The maximum Gasteiger partial charge on any atom is 0.131 e. The van der Waals surface area contributed by atoms with Gasteiger partial charge in [0.2, 0.25) is 0 Å². The van der Waals surface area contributed by atoms with E-state index in [-0.39, 0.29) is 5.82 Å². The molecule has 0 heterocycles. The fourth-order valence-corrected chi connectivity index (χ4v) is 1.71. The summed E-state index contributed by atoms with van der Waals surface area (Å²) in [4.78, 5) is 0. The maximum atomic E-state index is 13.6. The van der Waals surface area contributed by atoms with Gasteiger partial charge in [-0.15, -0.1) is 23.2 Å². The van der Waals surface area contributed by atoms with Crippen molar-refractivity contribution in [3.8, 4) is 5.75 Å². The molecule has 1 rings (SSSR count). The highest BCUT2D eigenvalue weighted by atomic mass is 35.5. The second kappa shape index (κ2) is 6.43. The summed E-state index contributed by atoms with van der Waals surface area (Å²) < 4.78 is 18.6. The average Bonchev–Trinajstić information content (AvgIpc) is 2.36. The van der Waals surface area contributed by atoms with Crippen LogP contribution in [0.25, 0.3) is 0 Å². The molecule has 0 saturated carbocycles. The summed E-state index contributed by atoms with van der Waals surface area (Å²) >= 11 is 11.6. The van der Waals surface area contributed by atoms with Gasteiger partial charge in [0.05, 0.1) is 7.11 Å². The van der Waals surface area contributed by atoms with Gasteiger partial charge >= 0.3 is 0 Å². The number of alkyl halides is 2. The Kier molecular flexibility index (Phi) is 5.50. The molecule has 0 atom stereocenters. The molecule has 17 heavy (non-hydrogen) atoms. The first-order chi connectivity index (χ1) is 8.04. The molecule has 0 amide bonds. The molecule has 0 bridgehead atoms. The summed E-state index contributed by atoms with van der Waals surface area (Å²) in [5.74, 6) is 0.940. The van der Waals surface area contributed by atoms with Crippen LogP contribution in [-0.4, -0.2) is 24.4 Å². The molecule has 0 aliphatic rings. The van der Waals surface area contributed by atoms with Crippen LogP contribution in [-0.2, 0) is 6.54 Å². The number of ether oxygens (including phenoxy) is 1. The lowest BCUT2D eigenvalue weighted by atomic mass is 10.1. The van der Waals surface area contributed by atoms with Gasteiger partial charge in [-0.3, -0.25) is 0 Å². The zero-order chi connectivity index (χ0) is 12.9. The van der Waals surface area contributed by atoms with Crippen LogP contribution >= 0.6 is 23.2 Å². The minimum atomic E-state index is -0.393. The van der Waals surface area contributed by atoms with Crippen LogP contribution in [0, 0.1) is 5.82 Å². The summed E-state index contributed by atoms with van der Waals surface area (Å²) in [5.41, 5.74) is 0.169. The molecule has 0 spiro atoms. The smallest absolute Gasteiger partial charge is 0.131 e. The standard InChI is InChI=1S/C12H16Cl2FNO/c1-12(7-13,8-14)16-6-9-3-4-10(17-2)5-11(9)15/h3-5,16H,6-8H2,1-2H3. The van der Waals surface area contributed by atoms with Crippen molar-refractivity contribution in [2.75, 3.05) is 18.9 Å². The fourth-order valence-electron chi connectivity index (χ4n) is 1.24. The van der Waals surface area contributed by atoms with E-state index in [9.17, 15) is 4.39 Å². The quantitative estimate of drug-likeness (QED) is 0.808.